The second-order valence-electron chi connectivity index (χ2n) is 7.41. The normalized spacial score (nSPS) is 16.3. The number of aryl methyl sites for hydroxylation is 1. The molecular weight excluding hydrogens is 379 g/mol. The summed E-state index contributed by atoms with van der Waals surface area (Å²) in [7, 11) is 0. The summed E-state index contributed by atoms with van der Waals surface area (Å²) in [6.07, 6.45) is -1.56. The molecule has 1 aromatic heterocycles. The number of nitrogens with zero attached hydrogens (tertiary/aromatic N) is 2. The van der Waals surface area contributed by atoms with Gasteiger partial charge in [-0.15, -0.1) is 0 Å². The van der Waals surface area contributed by atoms with Crippen LogP contribution in [0, 0.1) is 0 Å². The molecule has 1 aliphatic rings. The third-order valence-corrected chi connectivity index (χ3v) is 5.40. The summed E-state index contributed by atoms with van der Waals surface area (Å²) >= 11 is 0. The van der Waals surface area contributed by atoms with Crippen LogP contribution in [0.5, 0.6) is 0 Å². The lowest BCUT2D eigenvalue weighted by Crippen LogP contribution is -2.58. The van der Waals surface area contributed by atoms with Crippen molar-refractivity contribution in [2.75, 3.05) is 29.9 Å². The Hall–Kier alpha value is -2.80. The predicted octanol–water partition coefficient (Wildman–Crippen LogP) is 4.39. The van der Waals surface area contributed by atoms with Crippen molar-refractivity contribution < 1.29 is 18.3 Å². The minimum absolute atomic E-state index is 0.480. The summed E-state index contributed by atoms with van der Waals surface area (Å²) in [4.78, 5) is 5.86. The van der Waals surface area contributed by atoms with Gasteiger partial charge in [0.2, 0.25) is 0 Å². The van der Waals surface area contributed by atoms with E-state index in [2.05, 4.69) is 10.3 Å². The van der Waals surface area contributed by atoms with Crippen LogP contribution in [-0.2, 0) is 6.42 Å². The molecule has 0 radical (unpaired) electrons. The molecule has 2 aromatic carbocycles. The van der Waals surface area contributed by atoms with Crippen molar-refractivity contribution in [3.05, 3.63) is 66.4 Å². The minimum Gasteiger partial charge on any atom is -0.381 e. The molecule has 0 fully saturated rings. The highest BCUT2D eigenvalue weighted by Crippen LogP contribution is 2.35. The fourth-order valence-electron chi connectivity index (χ4n) is 3.84. The summed E-state index contributed by atoms with van der Waals surface area (Å²) < 4.78 is 41.8. The van der Waals surface area contributed by atoms with Gasteiger partial charge in [-0.1, -0.05) is 24.3 Å². The highest BCUT2D eigenvalue weighted by molar-refractivity contribution is 5.91. The number of nitrogens with one attached hydrogen (secondary N) is 1. The molecule has 3 aromatic rings. The quantitative estimate of drug-likeness (QED) is 0.666. The Balaban J connectivity index is 1.59. The average Bonchev–Trinajstić information content (AvgIpc) is 2.72. The first-order valence-corrected chi connectivity index (χ1v) is 9.57. The van der Waals surface area contributed by atoms with Crippen LogP contribution in [0.2, 0.25) is 0 Å². The molecule has 0 saturated heterocycles. The van der Waals surface area contributed by atoms with Crippen molar-refractivity contribution in [1.29, 1.82) is 0 Å². The average molecular weight is 401 g/mol. The lowest BCUT2D eigenvalue weighted by molar-refractivity contribution is -0.250. The number of para-hydroxylation sites is 1. The van der Waals surface area contributed by atoms with Crippen LogP contribution >= 0.6 is 0 Å². The van der Waals surface area contributed by atoms with E-state index in [9.17, 15) is 18.3 Å². The van der Waals surface area contributed by atoms with Gasteiger partial charge >= 0.3 is 6.18 Å². The van der Waals surface area contributed by atoms with Gasteiger partial charge in [0.1, 0.15) is 0 Å². The number of aliphatic hydroxyl groups is 1. The van der Waals surface area contributed by atoms with Gasteiger partial charge in [-0.05, 0) is 48.7 Å². The number of anilines is 2. The Morgan fingerprint density at radius 3 is 2.69 bits per heavy atom. The molecule has 152 valence electrons. The maximum absolute atomic E-state index is 13.9. The zero-order chi connectivity index (χ0) is 20.5. The molecule has 2 N–H and O–H groups in total. The highest BCUT2D eigenvalue weighted by atomic mass is 19.4. The van der Waals surface area contributed by atoms with Crippen molar-refractivity contribution in [1.82, 2.24) is 4.98 Å². The first-order chi connectivity index (χ1) is 13.9. The van der Waals surface area contributed by atoms with E-state index < -0.39 is 24.9 Å². The van der Waals surface area contributed by atoms with Gasteiger partial charge in [0, 0.05) is 29.5 Å². The van der Waals surface area contributed by atoms with E-state index in [1.165, 1.54) is 0 Å². The van der Waals surface area contributed by atoms with Gasteiger partial charge in [0.15, 0.2) is 5.60 Å². The number of benzene rings is 2. The molecule has 1 atom stereocenters. The van der Waals surface area contributed by atoms with E-state index in [0.29, 0.717) is 23.1 Å². The fourth-order valence-corrected chi connectivity index (χ4v) is 3.84. The summed E-state index contributed by atoms with van der Waals surface area (Å²) in [5.74, 6) is 0. The molecule has 0 aliphatic carbocycles. The number of aromatic nitrogens is 1. The highest BCUT2D eigenvalue weighted by Gasteiger charge is 2.54. The van der Waals surface area contributed by atoms with Gasteiger partial charge in [-0.2, -0.15) is 13.2 Å². The van der Waals surface area contributed by atoms with E-state index >= 15 is 0 Å². The molecule has 0 bridgehead atoms. The molecule has 0 spiro atoms. The Bertz CT molecular complexity index is 1000. The molecule has 0 amide bonds. The number of fused-ring (bicyclic) bond motifs is 2. The zero-order valence-corrected chi connectivity index (χ0v) is 15.8. The number of β-amino-alcohol motifs (C(OH)–C–C–N with tert-alkyl or cyclic N) is 1. The third-order valence-electron chi connectivity index (χ3n) is 5.40. The Labute approximate surface area is 167 Å². The Kier molecular flexibility index (Phi) is 5.08. The first-order valence-electron chi connectivity index (χ1n) is 9.57. The van der Waals surface area contributed by atoms with Crippen molar-refractivity contribution in [3.63, 3.8) is 0 Å². The van der Waals surface area contributed by atoms with Gasteiger partial charge in [0.05, 0.1) is 18.6 Å². The van der Waals surface area contributed by atoms with Crippen LogP contribution < -0.4 is 10.2 Å². The number of hydrogen-bond acceptors (Lipinski definition) is 4. The van der Waals surface area contributed by atoms with Crippen LogP contribution in [-0.4, -0.2) is 41.5 Å². The van der Waals surface area contributed by atoms with Crippen LogP contribution in [0.4, 0.5) is 24.5 Å². The SMILES string of the molecule is OC(CNc1cccc2ncccc12)(CN1CCCc2ccccc21)C(F)(F)F. The molecule has 1 unspecified atom stereocenters. The molecule has 4 nitrogen and oxygen atoms in total. The van der Waals surface area contributed by atoms with Crippen molar-refractivity contribution in [3.8, 4) is 0 Å². The number of alkyl halides is 3. The standard InChI is InChI=1S/C22H22F3N3O/c23-22(24,25)21(29,15-28-13-5-7-16-6-1-2-11-20(16)28)14-27-19-10-3-9-18-17(19)8-4-12-26-18/h1-4,6,8-12,27,29H,5,7,13-15H2. The summed E-state index contributed by atoms with van der Waals surface area (Å²) in [6, 6.07) is 16.2. The van der Waals surface area contributed by atoms with Crippen molar-refractivity contribution >= 4 is 22.3 Å². The predicted molar refractivity (Wildman–Crippen MR) is 108 cm³/mol. The monoisotopic (exact) mass is 401 g/mol. The lowest BCUT2D eigenvalue weighted by Gasteiger charge is -2.39. The summed E-state index contributed by atoms with van der Waals surface area (Å²) in [5, 5.41) is 14.2. The number of halogens is 3. The second kappa shape index (κ2) is 7.55. The molecule has 0 saturated carbocycles. The molecule has 7 heteroatoms. The smallest absolute Gasteiger partial charge is 0.381 e. The Morgan fingerprint density at radius 2 is 1.86 bits per heavy atom. The molecule has 2 heterocycles. The summed E-state index contributed by atoms with van der Waals surface area (Å²) in [6.45, 7) is -0.694. The number of rotatable bonds is 5. The number of pyridine rings is 1. The molecular formula is C22H22F3N3O. The summed E-state index contributed by atoms with van der Waals surface area (Å²) in [5.41, 5.74) is 0.0597. The van der Waals surface area contributed by atoms with Crippen molar-refractivity contribution in [2.45, 2.75) is 24.6 Å². The van der Waals surface area contributed by atoms with Crippen LogP contribution in [0.3, 0.4) is 0 Å². The number of hydrogen-bond donors (Lipinski definition) is 2. The van der Waals surface area contributed by atoms with E-state index in [4.69, 9.17) is 0 Å². The van der Waals surface area contributed by atoms with Gasteiger partial charge in [-0.3, -0.25) is 4.98 Å². The molecule has 4 rings (SSSR count). The lowest BCUT2D eigenvalue weighted by atomic mass is 9.97. The van der Waals surface area contributed by atoms with Gasteiger partial charge in [0.25, 0.3) is 0 Å². The first kappa shape index (κ1) is 19.5. The second-order valence-corrected chi connectivity index (χ2v) is 7.41. The third kappa shape index (κ3) is 3.87. The van der Waals surface area contributed by atoms with Crippen molar-refractivity contribution in [2.24, 2.45) is 0 Å². The van der Waals surface area contributed by atoms with Crippen LogP contribution in [0.15, 0.2) is 60.8 Å². The van der Waals surface area contributed by atoms with Gasteiger partial charge in [-0.25, -0.2) is 0 Å². The maximum atomic E-state index is 13.9. The maximum Gasteiger partial charge on any atom is 0.420 e. The molecule has 1 aliphatic heterocycles. The fraction of sp³-hybridized carbons (Fsp3) is 0.318. The Morgan fingerprint density at radius 1 is 1.03 bits per heavy atom. The largest absolute Gasteiger partial charge is 0.420 e. The van der Waals surface area contributed by atoms with Crippen LogP contribution in [0.1, 0.15) is 12.0 Å². The van der Waals surface area contributed by atoms with E-state index in [-0.39, 0.29) is 0 Å². The molecule has 29 heavy (non-hydrogen) atoms. The van der Waals surface area contributed by atoms with E-state index in [1.807, 2.05) is 24.3 Å². The minimum atomic E-state index is -4.78. The van der Waals surface area contributed by atoms with Crippen LogP contribution in [0.25, 0.3) is 10.9 Å². The van der Waals surface area contributed by atoms with E-state index in [1.54, 1.807) is 41.4 Å². The van der Waals surface area contributed by atoms with E-state index in [0.717, 1.165) is 24.1 Å². The zero-order valence-electron chi connectivity index (χ0n) is 15.8. The topological polar surface area (TPSA) is 48.4 Å². The van der Waals surface area contributed by atoms with Gasteiger partial charge < -0.3 is 15.3 Å².